The zero-order valence-electron chi connectivity index (χ0n) is 16.1. The van der Waals surface area contributed by atoms with E-state index in [0.717, 1.165) is 0 Å². The van der Waals surface area contributed by atoms with Crippen LogP contribution in [0.25, 0.3) is 10.8 Å². The second-order valence-corrected chi connectivity index (χ2v) is 6.01. The molecule has 0 aliphatic rings. The first-order valence-corrected chi connectivity index (χ1v) is 8.59. The fourth-order valence-corrected chi connectivity index (χ4v) is 2.91. The summed E-state index contributed by atoms with van der Waals surface area (Å²) in [4.78, 5) is 36.7. The van der Waals surface area contributed by atoms with Gasteiger partial charge in [-0.3, -0.25) is 9.59 Å². The van der Waals surface area contributed by atoms with Crippen LogP contribution in [0.5, 0.6) is 11.5 Å². The Bertz CT molecular complexity index is 1140. The smallest absolute Gasteiger partial charge is 0.340 e. The molecule has 9 heteroatoms. The Morgan fingerprint density at radius 1 is 1.03 bits per heavy atom. The number of hydrogen-bond donors (Lipinski definition) is 2. The zero-order chi connectivity index (χ0) is 21.0. The number of benzene rings is 2. The molecular formula is C20H19N3O6. The number of H-pyrrole nitrogens is 1. The number of methoxy groups -OCH3 is 3. The van der Waals surface area contributed by atoms with Crippen LogP contribution in [0.1, 0.15) is 16.1 Å². The molecule has 0 aliphatic carbocycles. The van der Waals surface area contributed by atoms with Crippen LogP contribution in [0.2, 0.25) is 0 Å². The van der Waals surface area contributed by atoms with Crippen molar-refractivity contribution >= 4 is 28.3 Å². The SMILES string of the molecule is COC(=O)c1cc(OC)c(OC)cc1NC(=O)Cc1n[nH]c(=O)c2ccccc12. The Morgan fingerprint density at radius 2 is 1.69 bits per heavy atom. The van der Waals surface area contributed by atoms with E-state index in [1.54, 1.807) is 24.3 Å². The lowest BCUT2D eigenvalue weighted by atomic mass is 10.1. The third kappa shape index (κ3) is 4.03. The van der Waals surface area contributed by atoms with Crippen LogP contribution in [0, 0.1) is 0 Å². The highest BCUT2D eigenvalue weighted by Crippen LogP contribution is 2.33. The van der Waals surface area contributed by atoms with Gasteiger partial charge in [0.25, 0.3) is 5.56 Å². The predicted molar refractivity (Wildman–Crippen MR) is 106 cm³/mol. The normalized spacial score (nSPS) is 10.4. The molecule has 0 saturated carbocycles. The van der Waals surface area contributed by atoms with Gasteiger partial charge in [0, 0.05) is 17.5 Å². The van der Waals surface area contributed by atoms with Crippen molar-refractivity contribution in [2.75, 3.05) is 26.6 Å². The number of nitrogens with zero attached hydrogens (tertiary/aromatic N) is 1. The third-order valence-corrected chi connectivity index (χ3v) is 4.31. The number of aromatic amines is 1. The van der Waals surface area contributed by atoms with Crippen molar-refractivity contribution < 1.29 is 23.8 Å². The number of hydrogen-bond acceptors (Lipinski definition) is 7. The average Bonchev–Trinajstić information content (AvgIpc) is 2.75. The molecule has 1 amide bonds. The first-order chi connectivity index (χ1) is 14.0. The summed E-state index contributed by atoms with van der Waals surface area (Å²) in [5.41, 5.74) is 0.376. The fraction of sp³-hybridized carbons (Fsp3) is 0.200. The monoisotopic (exact) mass is 397 g/mol. The van der Waals surface area contributed by atoms with Gasteiger partial charge < -0.3 is 19.5 Å². The molecule has 2 N–H and O–H groups in total. The van der Waals surface area contributed by atoms with Crippen molar-refractivity contribution in [3.8, 4) is 11.5 Å². The van der Waals surface area contributed by atoms with E-state index in [2.05, 4.69) is 15.5 Å². The lowest BCUT2D eigenvalue weighted by Crippen LogP contribution is -2.20. The van der Waals surface area contributed by atoms with Crippen molar-refractivity contribution in [3.05, 3.63) is 58.0 Å². The maximum Gasteiger partial charge on any atom is 0.340 e. The highest BCUT2D eigenvalue weighted by atomic mass is 16.5. The number of nitrogens with one attached hydrogen (secondary N) is 2. The van der Waals surface area contributed by atoms with Crippen LogP contribution in [-0.2, 0) is 16.0 Å². The predicted octanol–water partition coefficient (Wildman–Crippen LogP) is 1.91. The van der Waals surface area contributed by atoms with E-state index in [1.165, 1.54) is 33.5 Å². The number of rotatable bonds is 6. The molecule has 0 saturated heterocycles. The van der Waals surface area contributed by atoms with Crippen LogP contribution >= 0.6 is 0 Å². The number of carbonyl (C=O) groups is 2. The summed E-state index contributed by atoms with van der Waals surface area (Å²) in [6.45, 7) is 0. The van der Waals surface area contributed by atoms with E-state index < -0.39 is 11.9 Å². The number of amides is 1. The van der Waals surface area contributed by atoms with Gasteiger partial charge in [-0.1, -0.05) is 18.2 Å². The Kier molecular flexibility index (Phi) is 5.77. The van der Waals surface area contributed by atoms with Crippen LogP contribution in [0.15, 0.2) is 41.2 Å². The van der Waals surface area contributed by atoms with Crippen LogP contribution in [-0.4, -0.2) is 43.4 Å². The van der Waals surface area contributed by atoms with Gasteiger partial charge in [0.05, 0.1) is 50.1 Å². The topological polar surface area (TPSA) is 120 Å². The molecule has 0 bridgehead atoms. The van der Waals surface area contributed by atoms with Gasteiger partial charge in [-0.05, 0) is 6.07 Å². The zero-order valence-corrected chi connectivity index (χ0v) is 16.1. The molecule has 0 aliphatic heterocycles. The summed E-state index contributed by atoms with van der Waals surface area (Å²) in [6.07, 6.45) is -0.119. The Balaban J connectivity index is 1.94. The van der Waals surface area contributed by atoms with Gasteiger partial charge in [-0.2, -0.15) is 5.10 Å². The lowest BCUT2D eigenvalue weighted by Gasteiger charge is -2.14. The second kappa shape index (κ2) is 8.42. The molecule has 2 aromatic carbocycles. The summed E-state index contributed by atoms with van der Waals surface area (Å²) in [7, 11) is 4.11. The molecule has 29 heavy (non-hydrogen) atoms. The summed E-state index contributed by atoms with van der Waals surface area (Å²) >= 11 is 0. The largest absolute Gasteiger partial charge is 0.493 e. The average molecular weight is 397 g/mol. The van der Waals surface area contributed by atoms with E-state index in [0.29, 0.717) is 28.0 Å². The maximum absolute atomic E-state index is 12.7. The Morgan fingerprint density at radius 3 is 2.34 bits per heavy atom. The van der Waals surface area contributed by atoms with Crippen molar-refractivity contribution in [1.29, 1.82) is 0 Å². The van der Waals surface area contributed by atoms with Crippen LogP contribution < -0.4 is 20.3 Å². The number of anilines is 1. The summed E-state index contributed by atoms with van der Waals surface area (Å²) < 4.78 is 15.2. The minimum Gasteiger partial charge on any atom is -0.493 e. The quantitative estimate of drug-likeness (QED) is 0.610. The van der Waals surface area contributed by atoms with E-state index in [9.17, 15) is 14.4 Å². The summed E-state index contributed by atoms with van der Waals surface area (Å²) in [5, 5.41) is 10.1. The molecule has 0 fully saturated rings. The molecule has 3 rings (SSSR count). The third-order valence-electron chi connectivity index (χ3n) is 4.31. The Hall–Kier alpha value is -3.88. The molecule has 0 atom stereocenters. The lowest BCUT2D eigenvalue weighted by molar-refractivity contribution is -0.115. The highest BCUT2D eigenvalue weighted by molar-refractivity contribution is 6.03. The molecule has 150 valence electrons. The van der Waals surface area contributed by atoms with Crippen molar-refractivity contribution in [1.82, 2.24) is 10.2 Å². The van der Waals surface area contributed by atoms with Gasteiger partial charge >= 0.3 is 5.97 Å². The van der Waals surface area contributed by atoms with Gasteiger partial charge in [0.2, 0.25) is 5.91 Å². The molecule has 0 radical (unpaired) electrons. The van der Waals surface area contributed by atoms with E-state index >= 15 is 0 Å². The standard InChI is InChI=1S/C20H19N3O6/c1-27-16-8-13(20(26)29-3)14(9-17(16)28-2)21-18(24)10-15-11-6-4-5-7-12(11)19(25)23-22-15/h4-9H,10H2,1-3H3,(H,21,24)(H,23,25). The van der Waals surface area contributed by atoms with Crippen molar-refractivity contribution in [2.45, 2.75) is 6.42 Å². The Labute approximate surface area is 165 Å². The molecule has 9 nitrogen and oxygen atoms in total. The van der Waals surface area contributed by atoms with Crippen LogP contribution in [0.4, 0.5) is 5.69 Å². The number of carbonyl (C=O) groups excluding carboxylic acids is 2. The van der Waals surface area contributed by atoms with Crippen molar-refractivity contribution in [2.24, 2.45) is 0 Å². The van der Waals surface area contributed by atoms with Gasteiger partial charge in [0.1, 0.15) is 0 Å². The van der Waals surface area contributed by atoms with E-state index in [4.69, 9.17) is 14.2 Å². The first-order valence-electron chi connectivity index (χ1n) is 8.59. The van der Waals surface area contributed by atoms with Crippen LogP contribution in [0.3, 0.4) is 0 Å². The molecule has 1 aromatic heterocycles. The second-order valence-electron chi connectivity index (χ2n) is 6.01. The number of esters is 1. The van der Waals surface area contributed by atoms with Gasteiger partial charge in [-0.25, -0.2) is 9.89 Å². The summed E-state index contributed by atoms with van der Waals surface area (Å²) in [6, 6.07) is 9.76. The number of fused-ring (bicyclic) bond motifs is 1. The van der Waals surface area contributed by atoms with Gasteiger partial charge in [-0.15, -0.1) is 0 Å². The molecule has 3 aromatic rings. The minimum atomic E-state index is -0.645. The molecule has 0 unspecified atom stereocenters. The fourth-order valence-electron chi connectivity index (χ4n) is 2.91. The van der Waals surface area contributed by atoms with E-state index in [-0.39, 0.29) is 23.2 Å². The van der Waals surface area contributed by atoms with Gasteiger partial charge in [0.15, 0.2) is 11.5 Å². The first kappa shape index (κ1) is 19.9. The molecule has 0 spiro atoms. The molecular weight excluding hydrogens is 378 g/mol. The van der Waals surface area contributed by atoms with E-state index in [1.807, 2.05) is 0 Å². The maximum atomic E-state index is 12.7. The molecule has 1 heterocycles. The number of ether oxygens (including phenoxy) is 3. The summed E-state index contributed by atoms with van der Waals surface area (Å²) in [5.74, 6) is -0.428. The number of aromatic nitrogens is 2. The minimum absolute atomic E-state index is 0.109. The highest BCUT2D eigenvalue weighted by Gasteiger charge is 2.20. The van der Waals surface area contributed by atoms with Crippen molar-refractivity contribution in [3.63, 3.8) is 0 Å².